The molecule has 6 heteroatoms. The number of ether oxygens (including phenoxy) is 1. The summed E-state index contributed by atoms with van der Waals surface area (Å²) in [4.78, 5) is 10.5. The number of H-pyrrole nitrogens is 1. The predicted molar refractivity (Wildman–Crippen MR) is 89.1 cm³/mol. The first kappa shape index (κ1) is 15.6. The molecule has 21 heavy (non-hydrogen) atoms. The Morgan fingerprint density at radius 2 is 2.19 bits per heavy atom. The van der Waals surface area contributed by atoms with Crippen LogP contribution in [0.4, 0.5) is 0 Å². The Morgan fingerprint density at radius 1 is 1.43 bits per heavy atom. The van der Waals surface area contributed by atoms with E-state index in [-0.39, 0.29) is 6.10 Å². The van der Waals surface area contributed by atoms with Gasteiger partial charge in [-0.25, -0.2) is 4.98 Å². The van der Waals surface area contributed by atoms with Gasteiger partial charge in [-0.1, -0.05) is 32.0 Å². The smallest absolute Gasteiger partial charge is 0.144 e. The second-order valence-electron chi connectivity index (χ2n) is 5.89. The Kier molecular flexibility index (Phi) is 5.09. The van der Waals surface area contributed by atoms with Gasteiger partial charge in [0.2, 0.25) is 0 Å². The lowest BCUT2D eigenvalue weighted by molar-refractivity contribution is -0.0327. The summed E-state index contributed by atoms with van der Waals surface area (Å²) < 4.78 is 7.54. The van der Waals surface area contributed by atoms with Gasteiger partial charge in [0, 0.05) is 24.7 Å². The number of likely N-dealkylation sites (N-methyl/N-ethyl adjacent to an activating group) is 1. The van der Waals surface area contributed by atoms with E-state index in [1.165, 1.54) is 31.4 Å². The fourth-order valence-corrected chi connectivity index (χ4v) is 4.02. The number of aromatic nitrogens is 2. The van der Waals surface area contributed by atoms with E-state index >= 15 is 0 Å². The van der Waals surface area contributed by atoms with Crippen LogP contribution in [0, 0.1) is 4.64 Å². The van der Waals surface area contributed by atoms with Crippen LogP contribution in [0.25, 0.3) is 0 Å². The monoisotopic (exact) mass is 371 g/mol. The van der Waals surface area contributed by atoms with Gasteiger partial charge < -0.3 is 9.72 Å². The molecule has 1 saturated carbocycles. The highest BCUT2D eigenvalue weighted by atomic mass is 79.9. The maximum atomic E-state index is 5.91. The largest absolute Gasteiger partial charge is 0.368 e. The third-order valence-electron chi connectivity index (χ3n) is 4.58. The Bertz CT molecular complexity index is 556. The van der Waals surface area contributed by atoms with Gasteiger partial charge in [0.05, 0.1) is 11.1 Å². The molecule has 1 saturated heterocycles. The number of nitrogens with zero attached hydrogens (tertiary/aromatic N) is 2. The van der Waals surface area contributed by atoms with Crippen LogP contribution in [0.5, 0.6) is 0 Å². The first-order valence-corrected chi connectivity index (χ1v) is 9.02. The highest BCUT2D eigenvalue weighted by Crippen LogP contribution is 2.37. The molecule has 1 unspecified atom stereocenters. The van der Waals surface area contributed by atoms with Crippen LogP contribution in [-0.2, 0) is 4.74 Å². The van der Waals surface area contributed by atoms with E-state index in [4.69, 9.17) is 17.0 Å². The highest BCUT2D eigenvalue weighted by Gasteiger charge is 2.26. The summed E-state index contributed by atoms with van der Waals surface area (Å²) in [5, 5.41) is 0. The molecule has 2 heterocycles. The first-order chi connectivity index (χ1) is 10.2. The van der Waals surface area contributed by atoms with Gasteiger partial charge >= 0.3 is 0 Å². The van der Waals surface area contributed by atoms with Crippen molar-refractivity contribution in [1.29, 1.82) is 0 Å². The minimum atomic E-state index is 0.00801. The molecule has 0 spiro atoms. The average molecular weight is 372 g/mol. The normalized spacial score (nSPS) is 24.6. The molecule has 2 fully saturated rings. The summed E-state index contributed by atoms with van der Waals surface area (Å²) in [6.07, 6.45) is 5.09. The zero-order chi connectivity index (χ0) is 14.8. The van der Waals surface area contributed by atoms with Gasteiger partial charge in [-0.05, 0) is 35.3 Å². The number of rotatable bonds is 3. The zero-order valence-electron chi connectivity index (χ0n) is 12.4. The number of nitrogens with one attached hydrogen (secondary N) is 1. The molecule has 3 rings (SSSR count). The lowest BCUT2D eigenvalue weighted by Crippen LogP contribution is -2.38. The molecular formula is C15H22BrN3OS. The zero-order valence-corrected chi connectivity index (χ0v) is 14.8. The second-order valence-corrected chi connectivity index (χ2v) is 7.07. The SMILES string of the molecule is CCN1CCOC(c2nc(=S)c(Br)c(C3CCCC3)[nH]2)C1. The fraction of sp³-hybridized carbons (Fsp3) is 0.733. The predicted octanol–water partition coefficient (Wildman–Crippen LogP) is 3.95. The maximum Gasteiger partial charge on any atom is 0.144 e. The van der Waals surface area contributed by atoms with Crippen molar-refractivity contribution in [2.45, 2.75) is 44.6 Å². The van der Waals surface area contributed by atoms with Crippen LogP contribution in [0.3, 0.4) is 0 Å². The Hall–Kier alpha value is -0.300. The summed E-state index contributed by atoms with van der Waals surface area (Å²) in [6.45, 7) is 5.88. The summed E-state index contributed by atoms with van der Waals surface area (Å²) in [5.41, 5.74) is 1.22. The van der Waals surface area contributed by atoms with Crippen LogP contribution in [0.1, 0.15) is 56.1 Å². The number of aromatic amines is 1. The molecule has 4 nitrogen and oxygen atoms in total. The number of hydrogen-bond donors (Lipinski definition) is 1. The van der Waals surface area contributed by atoms with Crippen molar-refractivity contribution >= 4 is 28.1 Å². The molecule has 0 radical (unpaired) electrons. The number of hydrogen-bond acceptors (Lipinski definition) is 4. The van der Waals surface area contributed by atoms with E-state index in [0.717, 1.165) is 36.5 Å². The number of halogens is 1. The number of morpholine rings is 1. The molecule has 1 aromatic rings. The highest BCUT2D eigenvalue weighted by molar-refractivity contribution is 9.10. The molecule has 1 N–H and O–H groups in total. The van der Waals surface area contributed by atoms with Crippen LogP contribution < -0.4 is 0 Å². The van der Waals surface area contributed by atoms with Crippen molar-refractivity contribution in [2.75, 3.05) is 26.2 Å². The molecule has 0 bridgehead atoms. The average Bonchev–Trinajstić information content (AvgIpc) is 3.04. The van der Waals surface area contributed by atoms with Crippen molar-refractivity contribution in [3.63, 3.8) is 0 Å². The van der Waals surface area contributed by atoms with Crippen molar-refractivity contribution in [1.82, 2.24) is 14.9 Å². The maximum absolute atomic E-state index is 5.91. The Labute approximate surface area is 139 Å². The van der Waals surface area contributed by atoms with Crippen LogP contribution in [-0.4, -0.2) is 41.1 Å². The molecular weight excluding hydrogens is 350 g/mol. The van der Waals surface area contributed by atoms with Gasteiger partial charge in [-0.2, -0.15) is 0 Å². The van der Waals surface area contributed by atoms with E-state index < -0.39 is 0 Å². The molecule has 1 aromatic heterocycles. The minimum absolute atomic E-state index is 0.00801. The molecule has 1 atom stereocenters. The van der Waals surface area contributed by atoms with E-state index in [2.05, 4.69) is 37.7 Å². The molecule has 1 aliphatic heterocycles. The quantitative estimate of drug-likeness (QED) is 0.816. The van der Waals surface area contributed by atoms with Gasteiger partial charge in [-0.3, -0.25) is 4.90 Å². The summed E-state index contributed by atoms with van der Waals surface area (Å²) in [6, 6.07) is 0. The van der Waals surface area contributed by atoms with Crippen LogP contribution in [0.15, 0.2) is 4.47 Å². The van der Waals surface area contributed by atoms with E-state index in [0.29, 0.717) is 10.6 Å². The van der Waals surface area contributed by atoms with Crippen LogP contribution >= 0.6 is 28.1 Å². The van der Waals surface area contributed by atoms with Gasteiger partial charge in [0.25, 0.3) is 0 Å². The first-order valence-electron chi connectivity index (χ1n) is 7.82. The topological polar surface area (TPSA) is 41.1 Å². The summed E-state index contributed by atoms with van der Waals surface area (Å²) in [5.74, 6) is 1.47. The molecule has 0 amide bonds. The molecule has 0 aromatic carbocycles. The molecule has 116 valence electrons. The lowest BCUT2D eigenvalue weighted by atomic mass is 10.0. The molecule has 2 aliphatic rings. The second kappa shape index (κ2) is 6.86. The Balaban J connectivity index is 1.90. The Morgan fingerprint density at radius 3 is 2.90 bits per heavy atom. The van der Waals surface area contributed by atoms with Crippen molar-refractivity contribution in [3.8, 4) is 0 Å². The van der Waals surface area contributed by atoms with Crippen LogP contribution in [0.2, 0.25) is 0 Å². The van der Waals surface area contributed by atoms with E-state index in [1.54, 1.807) is 0 Å². The van der Waals surface area contributed by atoms with Gasteiger partial charge in [0.15, 0.2) is 0 Å². The minimum Gasteiger partial charge on any atom is -0.368 e. The standard InChI is InChI=1S/C15H22BrN3OS/c1-2-19-7-8-20-11(9-19)14-17-13(10-5-3-4-6-10)12(16)15(21)18-14/h10-11H,2-9H2,1H3,(H,17,18,21). The van der Waals surface area contributed by atoms with Crippen molar-refractivity contribution < 1.29 is 4.74 Å². The fourth-order valence-electron chi connectivity index (χ4n) is 3.30. The summed E-state index contributed by atoms with van der Waals surface area (Å²) in [7, 11) is 0. The van der Waals surface area contributed by atoms with Gasteiger partial charge in [0.1, 0.15) is 16.6 Å². The lowest BCUT2D eigenvalue weighted by Gasteiger charge is -2.31. The third-order valence-corrected chi connectivity index (χ3v) is 5.94. The van der Waals surface area contributed by atoms with E-state index in [1.807, 2.05) is 0 Å². The van der Waals surface area contributed by atoms with Gasteiger partial charge in [-0.15, -0.1) is 0 Å². The summed E-state index contributed by atoms with van der Waals surface area (Å²) >= 11 is 9.07. The van der Waals surface area contributed by atoms with E-state index in [9.17, 15) is 0 Å². The molecule has 1 aliphatic carbocycles. The van der Waals surface area contributed by atoms with Crippen molar-refractivity contribution in [2.24, 2.45) is 0 Å². The van der Waals surface area contributed by atoms with Crippen molar-refractivity contribution in [3.05, 3.63) is 20.6 Å². The third kappa shape index (κ3) is 3.38.